The fraction of sp³-hybridized carbons (Fsp3) is 0.286. The van der Waals surface area contributed by atoms with Crippen molar-refractivity contribution in [2.75, 3.05) is 17.4 Å². The van der Waals surface area contributed by atoms with Gasteiger partial charge in [-0.1, -0.05) is 72.1 Å². The smallest absolute Gasteiger partial charge is 0.264 e. The summed E-state index contributed by atoms with van der Waals surface area (Å²) in [6.45, 7) is 5.21. The molecule has 0 radical (unpaired) electrons. The van der Waals surface area contributed by atoms with E-state index in [9.17, 15) is 18.0 Å². The Morgan fingerprint density at radius 3 is 2.05 bits per heavy atom. The first kappa shape index (κ1) is 29.5. The van der Waals surface area contributed by atoms with Crippen LogP contribution in [0, 0.1) is 6.92 Å². The summed E-state index contributed by atoms with van der Waals surface area (Å²) < 4.78 is 28.6. The number of benzene rings is 3. The molecule has 0 fully saturated rings. The molecule has 1 N–H and O–H groups in total. The zero-order chi connectivity index (χ0) is 27.9. The number of amides is 2. The van der Waals surface area contributed by atoms with Crippen LogP contribution in [0.2, 0.25) is 10.0 Å². The Bertz CT molecular complexity index is 1350. The molecule has 0 saturated heterocycles. The summed E-state index contributed by atoms with van der Waals surface area (Å²) >= 11 is 12.8. The largest absolute Gasteiger partial charge is 0.355 e. The molecule has 3 rings (SSSR count). The molecule has 0 saturated carbocycles. The minimum Gasteiger partial charge on any atom is -0.355 e. The van der Waals surface area contributed by atoms with Gasteiger partial charge in [-0.05, 0) is 56.7 Å². The van der Waals surface area contributed by atoms with Gasteiger partial charge in [0.25, 0.3) is 10.0 Å². The van der Waals surface area contributed by atoms with Crippen molar-refractivity contribution in [1.82, 2.24) is 10.2 Å². The molecule has 0 aliphatic rings. The van der Waals surface area contributed by atoms with E-state index in [1.165, 1.54) is 17.0 Å². The maximum Gasteiger partial charge on any atom is 0.264 e. The van der Waals surface area contributed by atoms with Crippen LogP contribution >= 0.6 is 23.2 Å². The Morgan fingerprint density at radius 2 is 1.50 bits per heavy atom. The number of hydrogen-bond acceptors (Lipinski definition) is 4. The predicted molar refractivity (Wildman–Crippen MR) is 152 cm³/mol. The highest BCUT2D eigenvalue weighted by molar-refractivity contribution is 7.92. The van der Waals surface area contributed by atoms with Gasteiger partial charge in [-0.15, -0.1) is 0 Å². The number of likely N-dealkylation sites (N-methyl/N-ethyl adjacent to an activating group) is 1. The summed E-state index contributed by atoms with van der Waals surface area (Å²) in [5.41, 5.74) is 1.70. The van der Waals surface area contributed by atoms with Gasteiger partial charge in [0.1, 0.15) is 12.6 Å². The lowest BCUT2D eigenvalue weighted by Gasteiger charge is -2.33. The van der Waals surface area contributed by atoms with Gasteiger partial charge in [0, 0.05) is 28.7 Å². The molecule has 10 heteroatoms. The van der Waals surface area contributed by atoms with E-state index < -0.39 is 28.5 Å². The first-order valence-corrected chi connectivity index (χ1v) is 14.4. The molecule has 2 amide bonds. The summed E-state index contributed by atoms with van der Waals surface area (Å²) in [7, 11) is -4.12. The normalized spacial score (nSPS) is 12.0. The van der Waals surface area contributed by atoms with Crippen molar-refractivity contribution >= 4 is 50.7 Å². The molecule has 0 aromatic heterocycles. The number of carbonyl (C=O) groups is 2. The summed E-state index contributed by atoms with van der Waals surface area (Å²) in [4.78, 5) is 28.3. The van der Waals surface area contributed by atoms with E-state index in [1.54, 1.807) is 74.5 Å². The number of aryl methyl sites for hydroxylation is 1. The van der Waals surface area contributed by atoms with Crippen LogP contribution < -0.4 is 9.62 Å². The lowest BCUT2D eigenvalue weighted by molar-refractivity contribution is -0.140. The van der Waals surface area contributed by atoms with Crippen LogP contribution in [0.15, 0.2) is 77.7 Å². The van der Waals surface area contributed by atoms with E-state index in [1.807, 2.05) is 6.92 Å². The maximum absolute atomic E-state index is 13.9. The lowest BCUT2D eigenvalue weighted by atomic mass is 10.1. The highest BCUT2D eigenvalue weighted by Gasteiger charge is 2.34. The van der Waals surface area contributed by atoms with Crippen molar-refractivity contribution in [2.45, 2.75) is 44.7 Å². The Morgan fingerprint density at radius 1 is 0.895 bits per heavy atom. The van der Waals surface area contributed by atoms with Gasteiger partial charge >= 0.3 is 0 Å². The van der Waals surface area contributed by atoms with Crippen LogP contribution in [0.5, 0.6) is 0 Å². The van der Waals surface area contributed by atoms with Crippen LogP contribution in [-0.2, 0) is 26.2 Å². The molecule has 1 atom stereocenters. The van der Waals surface area contributed by atoms with Gasteiger partial charge in [-0.25, -0.2) is 8.42 Å². The first-order chi connectivity index (χ1) is 18.1. The standard InChI is InChI=1S/C28H31Cl2N3O4S/c1-4-26(28(35)31-5-2)32(18-23-24(29)12-9-13-25(23)30)27(34)19-33(21-10-7-6-8-11-21)38(36,37)22-16-14-20(3)15-17-22/h6-17,26H,4-5,18-19H2,1-3H3,(H,31,35)/t26-/m0/s1. The fourth-order valence-electron chi connectivity index (χ4n) is 4.03. The average molecular weight is 577 g/mol. The van der Waals surface area contributed by atoms with Crippen LogP contribution in [0.1, 0.15) is 31.4 Å². The number of rotatable bonds is 11. The van der Waals surface area contributed by atoms with Crippen LogP contribution in [0.25, 0.3) is 0 Å². The van der Waals surface area contributed by atoms with E-state index >= 15 is 0 Å². The quantitative estimate of drug-likeness (QED) is 0.330. The highest BCUT2D eigenvalue weighted by Crippen LogP contribution is 2.28. The number of anilines is 1. The van der Waals surface area contributed by atoms with E-state index in [4.69, 9.17) is 23.2 Å². The van der Waals surface area contributed by atoms with Crippen LogP contribution in [0.3, 0.4) is 0 Å². The van der Waals surface area contributed by atoms with Gasteiger partial charge in [0.05, 0.1) is 10.6 Å². The fourth-order valence-corrected chi connectivity index (χ4v) is 5.96. The summed E-state index contributed by atoms with van der Waals surface area (Å²) in [5.74, 6) is -0.919. The maximum atomic E-state index is 13.9. The monoisotopic (exact) mass is 575 g/mol. The van der Waals surface area contributed by atoms with Gasteiger partial charge < -0.3 is 10.2 Å². The molecule has 3 aromatic carbocycles. The summed E-state index contributed by atoms with van der Waals surface area (Å²) in [6, 6.07) is 18.9. The molecular formula is C28H31Cl2N3O4S. The highest BCUT2D eigenvalue weighted by atomic mass is 35.5. The summed E-state index contributed by atoms with van der Waals surface area (Å²) in [5, 5.41) is 3.44. The molecule has 38 heavy (non-hydrogen) atoms. The van der Waals surface area contributed by atoms with Crippen LogP contribution in [-0.4, -0.2) is 44.3 Å². The third kappa shape index (κ3) is 6.87. The van der Waals surface area contributed by atoms with Gasteiger partial charge in [-0.2, -0.15) is 0 Å². The van der Waals surface area contributed by atoms with Crippen molar-refractivity contribution < 1.29 is 18.0 Å². The third-order valence-electron chi connectivity index (χ3n) is 6.06. The molecule has 0 aliphatic carbocycles. The summed E-state index contributed by atoms with van der Waals surface area (Å²) in [6.07, 6.45) is 0.301. The van der Waals surface area contributed by atoms with E-state index in [2.05, 4.69) is 5.32 Å². The minimum atomic E-state index is -4.12. The predicted octanol–water partition coefficient (Wildman–Crippen LogP) is 5.44. The molecule has 0 bridgehead atoms. The van der Waals surface area contributed by atoms with E-state index in [0.717, 1.165) is 9.87 Å². The second-order valence-electron chi connectivity index (χ2n) is 8.70. The molecule has 0 aliphatic heterocycles. The van der Waals surface area contributed by atoms with Gasteiger partial charge in [0.2, 0.25) is 11.8 Å². The van der Waals surface area contributed by atoms with Gasteiger partial charge in [0.15, 0.2) is 0 Å². The Balaban J connectivity index is 2.07. The number of nitrogens with one attached hydrogen (secondary N) is 1. The minimum absolute atomic E-state index is 0.0521. The molecule has 0 spiro atoms. The van der Waals surface area contributed by atoms with Crippen molar-refractivity contribution in [3.05, 3.63) is 94.0 Å². The second-order valence-corrected chi connectivity index (χ2v) is 11.4. The Hall–Kier alpha value is -3.07. The van der Waals surface area contributed by atoms with Crippen molar-refractivity contribution in [3.63, 3.8) is 0 Å². The number of para-hydroxylation sites is 1. The number of hydrogen-bond donors (Lipinski definition) is 1. The molecule has 7 nitrogen and oxygen atoms in total. The van der Waals surface area contributed by atoms with Gasteiger partial charge in [-0.3, -0.25) is 13.9 Å². The van der Waals surface area contributed by atoms with Crippen molar-refractivity contribution in [2.24, 2.45) is 0 Å². The number of carbonyl (C=O) groups excluding carboxylic acids is 2. The number of sulfonamides is 1. The number of halogens is 2. The Labute approximate surface area is 234 Å². The lowest BCUT2D eigenvalue weighted by Crippen LogP contribution is -2.52. The van der Waals surface area contributed by atoms with Crippen molar-refractivity contribution in [1.29, 1.82) is 0 Å². The molecule has 0 heterocycles. The van der Waals surface area contributed by atoms with Crippen LogP contribution in [0.4, 0.5) is 5.69 Å². The molecule has 3 aromatic rings. The molecule has 202 valence electrons. The molecule has 0 unspecified atom stereocenters. The Kier molecular flexibility index (Phi) is 10.2. The van der Waals surface area contributed by atoms with E-state index in [0.29, 0.717) is 34.3 Å². The molecular weight excluding hydrogens is 545 g/mol. The average Bonchev–Trinajstić information content (AvgIpc) is 2.89. The van der Waals surface area contributed by atoms with E-state index in [-0.39, 0.29) is 17.3 Å². The second kappa shape index (κ2) is 13.1. The SMILES string of the molecule is CCNC(=O)[C@H](CC)N(Cc1c(Cl)cccc1Cl)C(=O)CN(c1ccccc1)S(=O)(=O)c1ccc(C)cc1. The third-order valence-corrected chi connectivity index (χ3v) is 8.56. The van der Waals surface area contributed by atoms with Crippen molar-refractivity contribution in [3.8, 4) is 0 Å². The first-order valence-electron chi connectivity index (χ1n) is 12.2. The zero-order valence-corrected chi connectivity index (χ0v) is 23.9. The zero-order valence-electron chi connectivity index (χ0n) is 21.5. The topological polar surface area (TPSA) is 86.8 Å². The number of nitrogens with zero attached hydrogens (tertiary/aromatic N) is 2.